The van der Waals surface area contributed by atoms with Crippen molar-refractivity contribution >= 4 is 11.6 Å². The molecule has 1 aliphatic carbocycles. The molecular weight excluding hydrogens is 323 g/mol. The van der Waals surface area contributed by atoms with E-state index in [2.05, 4.69) is 10.3 Å². The van der Waals surface area contributed by atoms with Crippen molar-refractivity contribution in [2.45, 2.75) is 31.8 Å². The Bertz CT molecular complexity index is 806. The number of anilines is 1. The summed E-state index contributed by atoms with van der Waals surface area (Å²) in [6.45, 7) is 0.589. The summed E-state index contributed by atoms with van der Waals surface area (Å²) in [5, 5.41) is 2.81. The Balaban J connectivity index is 1.80. The van der Waals surface area contributed by atoms with Gasteiger partial charge in [0.2, 0.25) is 5.88 Å². The standard InChI is InChI=1S/C18H21FN4O2/c1-25-18-15(19)6-11(8-23-18)17(24)22-9-14-12(10-2-3-10)4-5-16(21)13(14)7-20/h4-6,8,10H,2-3,7,9,20-21H2,1H3,(H,22,24). The smallest absolute Gasteiger partial charge is 0.253 e. The van der Waals surface area contributed by atoms with Crippen molar-refractivity contribution in [2.75, 3.05) is 12.8 Å². The number of benzene rings is 1. The number of carbonyl (C=O) groups is 1. The first-order valence-electron chi connectivity index (χ1n) is 8.13. The Morgan fingerprint density at radius 3 is 2.76 bits per heavy atom. The van der Waals surface area contributed by atoms with Crippen LogP contribution in [0.5, 0.6) is 5.88 Å². The third-order valence-electron chi connectivity index (χ3n) is 4.41. The second-order valence-corrected chi connectivity index (χ2v) is 6.08. The van der Waals surface area contributed by atoms with Gasteiger partial charge in [0, 0.05) is 25.0 Å². The molecule has 2 aromatic rings. The summed E-state index contributed by atoms with van der Waals surface area (Å²) < 4.78 is 18.5. The Kier molecular flexibility index (Phi) is 4.85. The van der Waals surface area contributed by atoms with Crippen LogP contribution in [0.4, 0.5) is 10.1 Å². The molecule has 0 spiro atoms. The highest BCUT2D eigenvalue weighted by molar-refractivity contribution is 5.94. The molecule has 3 rings (SSSR count). The van der Waals surface area contributed by atoms with Gasteiger partial charge in [0.15, 0.2) is 5.82 Å². The largest absolute Gasteiger partial charge is 0.479 e. The van der Waals surface area contributed by atoms with Crippen LogP contribution in [0, 0.1) is 5.82 Å². The number of nitrogens with zero attached hydrogens (tertiary/aromatic N) is 1. The minimum atomic E-state index is -0.680. The molecule has 1 aromatic heterocycles. The lowest BCUT2D eigenvalue weighted by molar-refractivity contribution is 0.0949. The van der Waals surface area contributed by atoms with Crippen LogP contribution in [0.1, 0.15) is 45.8 Å². The summed E-state index contributed by atoms with van der Waals surface area (Å²) in [6.07, 6.45) is 3.53. The highest BCUT2D eigenvalue weighted by Gasteiger charge is 2.27. The van der Waals surface area contributed by atoms with E-state index in [1.165, 1.54) is 18.9 Å². The first-order chi connectivity index (χ1) is 12.0. The lowest BCUT2D eigenvalue weighted by Gasteiger charge is -2.17. The molecule has 0 unspecified atom stereocenters. The minimum Gasteiger partial charge on any atom is -0.479 e. The quantitative estimate of drug-likeness (QED) is 0.696. The average molecular weight is 344 g/mol. The third kappa shape index (κ3) is 3.56. The summed E-state index contributed by atoms with van der Waals surface area (Å²) in [6, 6.07) is 4.97. The van der Waals surface area contributed by atoms with Crippen molar-refractivity contribution in [2.24, 2.45) is 5.73 Å². The summed E-state index contributed by atoms with van der Waals surface area (Å²) in [5.41, 5.74) is 15.6. The zero-order valence-electron chi connectivity index (χ0n) is 14.0. The van der Waals surface area contributed by atoms with Crippen LogP contribution in [0.3, 0.4) is 0 Å². The molecule has 0 aliphatic heterocycles. The number of aromatic nitrogens is 1. The Morgan fingerprint density at radius 2 is 2.16 bits per heavy atom. The molecule has 25 heavy (non-hydrogen) atoms. The van der Waals surface area contributed by atoms with Gasteiger partial charge < -0.3 is 21.5 Å². The van der Waals surface area contributed by atoms with E-state index in [0.29, 0.717) is 18.2 Å². The second kappa shape index (κ2) is 7.06. The number of halogens is 1. The number of nitrogen functional groups attached to an aromatic ring is 1. The van der Waals surface area contributed by atoms with Gasteiger partial charge in [-0.05, 0) is 47.6 Å². The van der Waals surface area contributed by atoms with Crippen molar-refractivity contribution in [3.8, 4) is 5.88 Å². The lowest BCUT2D eigenvalue weighted by Crippen LogP contribution is -2.25. The molecule has 1 heterocycles. The Morgan fingerprint density at radius 1 is 1.40 bits per heavy atom. The van der Waals surface area contributed by atoms with Crippen LogP contribution in [-0.2, 0) is 13.1 Å². The van der Waals surface area contributed by atoms with Gasteiger partial charge in [-0.15, -0.1) is 0 Å². The number of ether oxygens (including phenoxy) is 1. The fourth-order valence-electron chi connectivity index (χ4n) is 2.93. The van der Waals surface area contributed by atoms with Gasteiger partial charge in [-0.25, -0.2) is 9.37 Å². The van der Waals surface area contributed by atoms with Crippen LogP contribution in [0.15, 0.2) is 24.4 Å². The predicted octanol–water partition coefficient (Wildman–Crippen LogP) is 2.08. The molecule has 132 valence electrons. The number of pyridine rings is 1. The van der Waals surface area contributed by atoms with Crippen LogP contribution in [-0.4, -0.2) is 18.0 Å². The molecule has 1 saturated carbocycles. The van der Waals surface area contributed by atoms with Crippen LogP contribution < -0.4 is 21.5 Å². The van der Waals surface area contributed by atoms with Gasteiger partial charge in [-0.3, -0.25) is 4.79 Å². The van der Waals surface area contributed by atoms with Crippen molar-refractivity contribution < 1.29 is 13.9 Å². The summed E-state index contributed by atoms with van der Waals surface area (Å²) in [5.74, 6) is -0.742. The van der Waals surface area contributed by atoms with Crippen molar-refractivity contribution in [1.29, 1.82) is 0 Å². The molecule has 1 aliphatic rings. The number of rotatable bonds is 6. The minimum absolute atomic E-state index is 0.129. The number of amides is 1. The van der Waals surface area contributed by atoms with Crippen LogP contribution in [0.2, 0.25) is 0 Å². The molecule has 6 nitrogen and oxygen atoms in total. The summed E-state index contributed by atoms with van der Waals surface area (Å²) >= 11 is 0. The molecule has 0 radical (unpaired) electrons. The van der Waals surface area contributed by atoms with Crippen molar-refractivity contribution in [3.63, 3.8) is 0 Å². The van der Waals surface area contributed by atoms with E-state index in [-0.39, 0.29) is 18.0 Å². The van der Waals surface area contributed by atoms with Crippen LogP contribution >= 0.6 is 0 Å². The van der Waals surface area contributed by atoms with E-state index < -0.39 is 11.7 Å². The molecular formula is C18H21FN4O2. The fourth-order valence-corrected chi connectivity index (χ4v) is 2.93. The van der Waals surface area contributed by atoms with E-state index in [9.17, 15) is 9.18 Å². The maximum atomic E-state index is 13.7. The lowest BCUT2D eigenvalue weighted by atomic mass is 9.96. The fraction of sp³-hybridized carbons (Fsp3) is 0.333. The highest BCUT2D eigenvalue weighted by atomic mass is 19.1. The van der Waals surface area contributed by atoms with E-state index in [1.807, 2.05) is 12.1 Å². The summed E-state index contributed by atoms with van der Waals surface area (Å²) in [4.78, 5) is 16.1. The number of methoxy groups -OCH3 is 1. The maximum Gasteiger partial charge on any atom is 0.253 e. The number of hydrogen-bond donors (Lipinski definition) is 3. The molecule has 1 aromatic carbocycles. The van der Waals surface area contributed by atoms with Gasteiger partial charge in [0.05, 0.1) is 12.7 Å². The molecule has 0 bridgehead atoms. The monoisotopic (exact) mass is 344 g/mol. The molecule has 1 fully saturated rings. The Labute approximate surface area is 145 Å². The highest BCUT2D eigenvalue weighted by Crippen LogP contribution is 2.43. The normalized spacial score (nSPS) is 13.6. The molecule has 5 N–H and O–H groups in total. The van der Waals surface area contributed by atoms with E-state index in [0.717, 1.165) is 30.0 Å². The van der Waals surface area contributed by atoms with Gasteiger partial charge in [-0.2, -0.15) is 0 Å². The maximum absolute atomic E-state index is 13.7. The van der Waals surface area contributed by atoms with Crippen LogP contribution in [0.25, 0.3) is 0 Å². The van der Waals surface area contributed by atoms with Gasteiger partial charge in [0.25, 0.3) is 5.91 Å². The SMILES string of the molecule is COc1ncc(C(=O)NCc2c(C3CC3)ccc(N)c2CN)cc1F. The molecule has 0 atom stereocenters. The van der Waals surface area contributed by atoms with Gasteiger partial charge in [0.1, 0.15) is 0 Å². The summed E-state index contributed by atoms with van der Waals surface area (Å²) in [7, 11) is 1.32. The number of nitrogens with two attached hydrogens (primary N) is 2. The molecule has 0 saturated heterocycles. The van der Waals surface area contributed by atoms with Crippen molar-refractivity contribution in [1.82, 2.24) is 10.3 Å². The topological polar surface area (TPSA) is 103 Å². The van der Waals surface area contributed by atoms with Gasteiger partial charge in [-0.1, -0.05) is 6.07 Å². The first kappa shape index (κ1) is 17.2. The van der Waals surface area contributed by atoms with Gasteiger partial charge >= 0.3 is 0 Å². The average Bonchev–Trinajstić information content (AvgIpc) is 3.44. The molecule has 7 heteroatoms. The number of carbonyl (C=O) groups excluding carboxylic acids is 1. The first-order valence-corrected chi connectivity index (χ1v) is 8.13. The second-order valence-electron chi connectivity index (χ2n) is 6.08. The Hall–Kier alpha value is -2.67. The number of nitrogens with one attached hydrogen (secondary N) is 1. The molecule has 1 amide bonds. The predicted molar refractivity (Wildman–Crippen MR) is 92.6 cm³/mol. The van der Waals surface area contributed by atoms with E-state index in [4.69, 9.17) is 16.2 Å². The zero-order chi connectivity index (χ0) is 18.0. The van der Waals surface area contributed by atoms with E-state index in [1.54, 1.807) is 0 Å². The number of hydrogen-bond acceptors (Lipinski definition) is 5. The third-order valence-corrected chi connectivity index (χ3v) is 4.41. The zero-order valence-corrected chi connectivity index (χ0v) is 14.0. The van der Waals surface area contributed by atoms with E-state index >= 15 is 0 Å². The van der Waals surface area contributed by atoms with Crippen molar-refractivity contribution in [3.05, 3.63) is 52.5 Å².